The Morgan fingerprint density at radius 2 is 1.23 bits per heavy atom. The van der Waals surface area contributed by atoms with E-state index in [2.05, 4.69) is 15.9 Å². The third-order valence-electron chi connectivity index (χ3n) is 8.26. The van der Waals surface area contributed by atoms with E-state index in [4.69, 9.17) is 14.6 Å². The Balaban J connectivity index is 0.000000419. The zero-order valence-corrected chi connectivity index (χ0v) is 30.7. The van der Waals surface area contributed by atoms with Gasteiger partial charge in [0, 0.05) is 4.47 Å². The Labute approximate surface area is 323 Å². The van der Waals surface area contributed by atoms with Crippen molar-refractivity contribution in [2.24, 2.45) is 11.8 Å². The number of carboxylic acids is 1. The van der Waals surface area contributed by atoms with E-state index in [1.807, 2.05) is 12.1 Å². The minimum Gasteiger partial charge on any atom is -0.870 e. The van der Waals surface area contributed by atoms with Gasteiger partial charge < -0.3 is 32.6 Å². The average Bonchev–Trinajstić information content (AvgIpc) is 3.07. The molecule has 0 radical (unpaired) electrons. The molecule has 0 spiro atoms. The summed E-state index contributed by atoms with van der Waals surface area (Å²) in [6.07, 6.45) is -4.60. The van der Waals surface area contributed by atoms with Gasteiger partial charge in [-0.3, -0.25) is 9.59 Å². The summed E-state index contributed by atoms with van der Waals surface area (Å²) in [4.78, 5) is 22.5. The molecule has 2 aliphatic rings. The maximum atomic E-state index is 12.7. The van der Waals surface area contributed by atoms with Crippen LogP contribution in [0.15, 0.2) is 89.4 Å². The molecular formula is C38H37BrF6LiO7-. The summed E-state index contributed by atoms with van der Waals surface area (Å²) in [7, 11) is 1.42. The first-order valence-electron chi connectivity index (χ1n) is 15.4. The number of aliphatic carboxylic acids is 1. The molecule has 15 heteroatoms. The molecule has 4 aromatic carbocycles. The molecule has 7 nitrogen and oxygen atoms in total. The molecule has 0 fully saturated rings. The van der Waals surface area contributed by atoms with Gasteiger partial charge in [-0.1, -0.05) is 40.2 Å². The molecule has 2 aliphatic carbocycles. The Morgan fingerprint density at radius 1 is 0.717 bits per heavy atom. The van der Waals surface area contributed by atoms with E-state index in [9.17, 15) is 41.0 Å². The molecule has 0 amide bonds. The van der Waals surface area contributed by atoms with Gasteiger partial charge in [0.1, 0.15) is 17.2 Å². The van der Waals surface area contributed by atoms with Crippen LogP contribution in [0.25, 0.3) is 0 Å². The molecule has 0 aliphatic heterocycles. The second-order valence-corrected chi connectivity index (χ2v) is 12.7. The molecule has 3 N–H and O–H groups in total. The summed E-state index contributed by atoms with van der Waals surface area (Å²) in [5.41, 5.74) is 2.82. The van der Waals surface area contributed by atoms with Crippen LogP contribution in [0.2, 0.25) is 0 Å². The third kappa shape index (κ3) is 13.8. The van der Waals surface area contributed by atoms with Crippen molar-refractivity contribution in [1.29, 1.82) is 0 Å². The normalized spacial score (nSPS) is 15.7. The Kier molecular flexibility index (Phi) is 18.2. The monoisotopic (exact) mass is 805 g/mol. The Hall–Kier alpha value is -3.96. The topological polar surface area (TPSA) is 123 Å². The summed E-state index contributed by atoms with van der Waals surface area (Å²) in [6.45, 7) is 0. The number of fused-ring (bicyclic) bond motifs is 2. The van der Waals surface area contributed by atoms with Crippen LogP contribution in [0, 0.1) is 19.3 Å². The van der Waals surface area contributed by atoms with Crippen molar-refractivity contribution in [2.45, 2.75) is 50.9 Å². The number of esters is 1. The van der Waals surface area contributed by atoms with Crippen molar-refractivity contribution >= 4 is 27.9 Å². The van der Waals surface area contributed by atoms with E-state index in [0.29, 0.717) is 35.9 Å². The van der Waals surface area contributed by atoms with Crippen LogP contribution in [-0.4, -0.2) is 34.7 Å². The van der Waals surface area contributed by atoms with Gasteiger partial charge in [-0.15, -0.1) is 0 Å². The number of benzene rings is 4. The SMILES string of the molecule is COC(=O)C1CCc2ccc(O)cc2C1.FC(F)(F)c1cccc(Br)c1.O=C(O)C1CCc2ccc(Oc3cccc(C(F)(F)F)c3)cc2C1.[CH3-].[Li+].[OH-]. The number of halogens is 7. The maximum absolute atomic E-state index is 12.7. The number of phenols is 1. The maximum Gasteiger partial charge on any atom is 1.00 e. The quantitative estimate of drug-likeness (QED) is 0.0977. The van der Waals surface area contributed by atoms with Gasteiger partial charge in [0.05, 0.1) is 30.1 Å². The number of carbonyl (C=O) groups excluding carboxylic acids is 1. The third-order valence-corrected chi connectivity index (χ3v) is 8.75. The van der Waals surface area contributed by atoms with E-state index in [1.54, 1.807) is 30.3 Å². The van der Waals surface area contributed by atoms with E-state index < -0.39 is 35.4 Å². The number of rotatable bonds is 4. The number of ether oxygens (including phenoxy) is 2. The average molecular weight is 807 g/mol. The number of hydrogen-bond donors (Lipinski definition) is 2. The van der Waals surface area contributed by atoms with Crippen LogP contribution in [0.1, 0.15) is 46.2 Å². The number of carbonyl (C=O) groups is 2. The van der Waals surface area contributed by atoms with E-state index in [1.165, 1.54) is 30.9 Å². The molecular weight excluding hydrogens is 769 g/mol. The first kappa shape index (κ1) is 47.1. The van der Waals surface area contributed by atoms with Gasteiger partial charge in [-0.2, -0.15) is 26.3 Å². The van der Waals surface area contributed by atoms with Gasteiger partial charge in [-0.25, -0.2) is 0 Å². The number of carboxylic acid groups (broad SMARTS) is 1. The zero-order chi connectivity index (χ0) is 36.6. The second kappa shape index (κ2) is 20.5. The molecule has 2 atom stereocenters. The van der Waals surface area contributed by atoms with Crippen LogP contribution < -0.4 is 23.6 Å². The molecule has 0 bridgehead atoms. The Bertz CT molecular complexity index is 1820. The number of alkyl halides is 6. The van der Waals surface area contributed by atoms with Crippen molar-refractivity contribution in [1.82, 2.24) is 0 Å². The van der Waals surface area contributed by atoms with Gasteiger partial charge in [0.2, 0.25) is 0 Å². The van der Waals surface area contributed by atoms with Crippen LogP contribution in [0.4, 0.5) is 26.3 Å². The predicted octanol–water partition coefficient (Wildman–Crippen LogP) is 7.10. The van der Waals surface area contributed by atoms with Gasteiger partial charge in [0.25, 0.3) is 0 Å². The van der Waals surface area contributed by atoms with Gasteiger partial charge in [-0.05, 0) is 121 Å². The van der Waals surface area contributed by atoms with Crippen molar-refractivity contribution in [3.05, 3.63) is 130 Å². The summed E-state index contributed by atoms with van der Waals surface area (Å²) in [5, 5.41) is 18.5. The predicted molar refractivity (Wildman–Crippen MR) is 184 cm³/mol. The molecule has 282 valence electrons. The number of methoxy groups -OCH3 is 1. The largest absolute Gasteiger partial charge is 1.00 e. The van der Waals surface area contributed by atoms with Crippen LogP contribution in [0.3, 0.4) is 0 Å². The van der Waals surface area contributed by atoms with E-state index in [0.717, 1.165) is 53.8 Å². The second-order valence-electron chi connectivity index (χ2n) is 11.8. The summed E-state index contributed by atoms with van der Waals surface area (Å²) >= 11 is 2.95. The first-order valence-corrected chi connectivity index (χ1v) is 16.2. The van der Waals surface area contributed by atoms with Gasteiger partial charge >= 0.3 is 43.2 Å². The van der Waals surface area contributed by atoms with Crippen LogP contribution in [-0.2, 0) is 52.4 Å². The standard InChI is InChI=1S/C18H15F3O3.C12H14O3.C7H4BrF3.CH3.Li.H2O/c19-18(20,21)14-2-1-3-15(10-14)24-16-7-6-11-4-5-12(17(22)23)8-13(11)9-16;1-15-12(14)9-3-2-8-4-5-11(13)7-10(8)6-9;8-6-3-1-2-5(4-6)7(9,10)11;;;/h1-3,6-7,9-10,12H,4-5,8H2,(H,22,23);4-5,7,9,13H,2-3,6H2,1H3;1-4H;1H3;;1H2/q;;;-1;+1;/p-1. The fraction of sp³-hybridized carbons (Fsp3) is 0.289. The van der Waals surface area contributed by atoms with Gasteiger partial charge in [0.15, 0.2) is 0 Å². The number of aryl methyl sites for hydroxylation is 2. The first-order chi connectivity index (χ1) is 23.5. The number of hydrogen-bond acceptors (Lipinski definition) is 6. The Morgan fingerprint density at radius 3 is 1.77 bits per heavy atom. The number of phenolic OH excluding ortho intramolecular Hbond substituents is 1. The number of aromatic hydroxyl groups is 1. The molecule has 0 saturated carbocycles. The minimum atomic E-state index is -4.43. The molecule has 2 unspecified atom stereocenters. The van der Waals surface area contributed by atoms with Crippen molar-refractivity contribution in [3.8, 4) is 17.2 Å². The molecule has 6 rings (SSSR count). The summed E-state index contributed by atoms with van der Waals surface area (Å²) in [5.74, 6) is -0.701. The van der Waals surface area contributed by atoms with E-state index >= 15 is 0 Å². The fourth-order valence-electron chi connectivity index (χ4n) is 5.66. The smallest absolute Gasteiger partial charge is 0.870 e. The molecule has 4 aromatic rings. The molecule has 0 heterocycles. The minimum absolute atomic E-state index is 0. The van der Waals surface area contributed by atoms with Crippen molar-refractivity contribution in [3.63, 3.8) is 0 Å². The summed E-state index contributed by atoms with van der Waals surface area (Å²) < 4.78 is 84.8. The van der Waals surface area contributed by atoms with Crippen LogP contribution >= 0.6 is 15.9 Å². The fourth-order valence-corrected chi connectivity index (χ4v) is 6.06. The zero-order valence-electron chi connectivity index (χ0n) is 29.1. The molecule has 0 aromatic heterocycles. The summed E-state index contributed by atoms with van der Waals surface area (Å²) in [6, 6.07) is 20.3. The van der Waals surface area contributed by atoms with E-state index in [-0.39, 0.29) is 55.1 Å². The van der Waals surface area contributed by atoms with Crippen molar-refractivity contribution < 1.29 is 80.0 Å². The van der Waals surface area contributed by atoms with Crippen molar-refractivity contribution in [2.75, 3.05) is 7.11 Å². The molecule has 0 saturated heterocycles. The van der Waals surface area contributed by atoms with Crippen LogP contribution in [0.5, 0.6) is 17.2 Å². The molecule has 53 heavy (non-hydrogen) atoms.